The highest BCUT2D eigenvalue weighted by Gasteiger charge is 2.25. The largest absolute Gasteiger partial charge is 0.478 e. The molecule has 0 radical (unpaired) electrons. The van der Waals surface area contributed by atoms with Gasteiger partial charge in [-0.15, -0.1) is 0 Å². The number of halogens is 2. The molecule has 1 aromatic carbocycles. The van der Waals surface area contributed by atoms with Crippen LogP contribution >= 0.6 is 11.6 Å². The van der Waals surface area contributed by atoms with Crippen molar-refractivity contribution in [3.05, 3.63) is 28.5 Å². The Labute approximate surface area is 124 Å². The number of ether oxygens (including phenoxy) is 1. The summed E-state index contributed by atoms with van der Waals surface area (Å²) in [6.07, 6.45) is 0. The van der Waals surface area contributed by atoms with E-state index in [2.05, 4.69) is 4.74 Å². The van der Waals surface area contributed by atoms with Gasteiger partial charge < -0.3 is 9.84 Å². The number of nitrogens with one attached hydrogen (secondary N) is 1. The second-order valence-corrected chi connectivity index (χ2v) is 6.03. The van der Waals surface area contributed by atoms with Gasteiger partial charge in [0.15, 0.2) is 0 Å². The SMILES string of the molecule is COC(=O)[C@H](C)NS(=O)(=O)c1cc(F)c(Cl)c(C(=O)O)c1. The van der Waals surface area contributed by atoms with E-state index in [9.17, 15) is 22.4 Å². The molecule has 0 fully saturated rings. The summed E-state index contributed by atoms with van der Waals surface area (Å²) in [5, 5.41) is 8.14. The first-order valence-corrected chi connectivity index (χ1v) is 7.28. The fraction of sp³-hybridized carbons (Fsp3) is 0.273. The third-order valence-electron chi connectivity index (χ3n) is 2.43. The van der Waals surface area contributed by atoms with Gasteiger partial charge in [0.1, 0.15) is 11.9 Å². The van der Waals surface area contributed by atoms with Crippen molar-refractivity contribution in [2.75, 3.05) is 7.11 Å². The normalized spacial score (nSPS) is 12.8. The van der Waals surface area contributed by atoms with Crippen LogP contribution in [-0.4, -0.2) is 38.6 Å². The topological polar surface area (TPSA) is 110 Å². The number of hydrogen-bond donors (Lipinski definition) is 2. The number of aromatic carboxylic acids is 1. The summed E-state index contributed by atoms with van der Waals surface area (Å²) >= 11 is 5.44. The van der Waals surface area contributed by atoms with Crippen molar-refractivity contribution in [2.45, 2.75) is 17.9 Å². The van der Waals surface area contributed by atoms with Crippen LogP contribution in [0.1, 0.15) is 17.3 Å². The Morgan fingerprint density at radius 3 is 2.48 bits per heavy atom. The molecule has 116 valence electrons. The van der Waals surface area contributed by atoms with Crippen molar-refractivity contribution in [3.63, 3.8) is 0 Å². The Kier molecular flexibility index (Phi) is 5.26. The summed E-state index contributed by atoms with van der Waals surface area (Å²) in [5.41, 5.74) is -0.706. The molecule has 10 heteroatoms. The van der Waals surface area contributed by atoms with E-state index in [0.717, 1.165) is 7.11 Å². The van der Waals surface area contributed by atoms with E-state index in [-0.39, 0.29) is 0 Å². The van der Waals surface area contributed by atoms with Gasteiger partial charge >= 0.3 is 11.9 Å². The zero-order valence-electron chi connectivity index (χ0n) is 10.9. The number of carboxylic acids is 1. The van der Waals surface area contributed by atoms with Gasteiger partial charge in [-0.25, -0.2) is 17.6 Å². The predicted molar refractivity (Wildman–Crippen MR) is 70.2 cm³/mol. The first-order valence-electron chi connectivity index (χ1n) is 5.42. The molecule has 0 aromatic heterocycles. The molecule has 7 nitrogen and oxygen atoms in total. The maximum Gasteiger partial charge on any atom is 0.337 e. The Morgan fingerprint density at radius 1 is 1.43 bits per heavy atom. The molecule has 0 bridgehead atoms. The van der Waals surface area contributed by atoms with E-state index in [1.54, 1.807) is 0 Å². The van der Waals surface area contributed by atoms with Gasteiger partial charge in [0.05, 0.1) is 22.6 Å². The van der Waals surface area contributed by atoms with Gasteiger partial charge in [-0.2, -0.15) is 4.72 Å². The van der Waals surface area contributed by atoms with E-state index in [0.29, 0.717) is 12.1 Å². The van der Waals surface area contributed by atoms with Gasteiger partial charge in [-0.1, -0.05) is 11.6 Å². The van der Waals surface area contributed by atoms with Crippen LogP contribution < -0.4 is 4.72 Å². The molecule has 21 heavy (non-hydrogen) atoms. The highest BCUT2D eigenvalue weighted by atomic mass is 35.5. The van der Waals surface area contributed by atoms with Crippen LogP contribution in [0, 0.1) is 5.82 Å². The molecule has 0 aliphatic rings. The average molecular weight is 340 g/mol. The zero-order chi connectivity index (χ0) is 16.4. The summed E-state index contributed by atoms with van der Waals surface area (Å²) in [6.45, 7) is 1.22. The Bertz CT molecular complexity index is 690. The molecule has 0 saturated carbocycles. The number of hydrogen-bond acceptors (Lipinski definition) is 5. The van der Waals surface area contributed by atoms with E-state index in [1.807, 2.05) is 4.72 Å². The van der Waals surface area contributed by atoms with Crippen LogP contribution in [0.2, 0.25) is 5.02 Å². The number of sulfonamides is 1. The van der Waals surface area contributed by atoms with Gasteiger partial charge in [0, 0.05) is 0 Å². The van der Waals surface area contributed by atoms with Crippen LogP contribution in [0.5, 0.6) is 0 Å². The van der Waals surface area contributed by atoms with Crippen LogP contribution in [-0.2, 0) is 19.6 Å². The van der Waals surface area contributed by atoms with Crippen LogP contribution in [0.15, 0.2) is 17.0 Å². The zero-order valence-corrected chi connectivity index (χ0v) is 12.5. The molecule has 0 amide bonds. The minimum Gasteiger partial charge on any atom is -0.478 e. The van der Waals surface area contributed by atoms with Gasteiger partial charge in [0.25, 0.3) is 0 Å². The number of carbonyl (C=O) groups excluding carboxylic acids is 1. The van der Waals surface area contributed by atoms with Crippen LogP contribution in [0.25, 0.3) is 0 Å². The lowest BCUT2D eigenvalue weighted by atomic mass is 10.2. The quantitative estimate of drug-likeness (QED) is 0.775. The van der Waals surface area contributed by atoms with Crippen molar-refractivity contribution in [1.29, 1.82) is 0 Å². The van der Waals surface area contributed by atoms with E-state index < -0.39 is 49.3 Å². The van der Waals surface area contributed by atoms with Crippen molar-refractivity contribution >= 4 is 33.6 Å². The maximum absolute atomic E-state index is 13.5. The highest BCUT2D eigenvalue weighted by Crippen LogP contribution is 2.24. The van der Waals surface area contributed by atoms with E-state index >= 15 is 0 Å². The lowest BCUT2D eigenvalue weighted by Gasteiger charge is -2.13. The van der Waals surface area contributed by atoms with Crippen molar-refractivity contribution in [2.24, 2.45) is 0 Å². The summed E-state index contributed by atoms with van der Waals surface area (Å²) in [4.78, 5) is 21.4. The molecule has 0 heterocycles. The number of carbonyl (C=O) groups is 2. The Balaban J connectivity index is 3.27. The van der Waals surface area contributed by atoms with Crippen molar-refractivity contribution in [3.8, 4) is 0 Å². The molecule has 0 unspecified atom stereocenters. The fourth-order valence-corrected chi connectivity index (χ4v) is 2.82. The van der Waals surface area contributed by atoms with Crippen molar-refractivity contribution in [1.82, 2.24) is 4.72 Å². The molecule has 1 rings (SSSR count). The molecule has 0 aliphatic heterocycles. The van der Waals surface area contributed by atoms with Crippen molar-refractivity contribution < 1.29 is 32.2 Å². The van der Waals surface area contributed by atoms with E-state index in [4.69, 9.17) is 16.7 Å². The Morgan fingerprint density at radius 2 is 2.00 bits per heavy atom. The smallest absolute Gasteiger partial charge is 0.337 e. The monoisotopic (exact) mass is 339 g/mol. The third kappa shape index (κ3) is 3.90. The summed E-state index contributed by atoms with van der Waals surface area (Å²) in [6, 6.07) is 0.0216. The lowest BCUT2D eigenvalue weighted by molar-refractivity contribution is -0.142. The summed E-state index contributed by atoms with van der Waals surface area (Å²) in [7, 11) is -3.26. The molecule has 0 aliphatic carbocycles. The molecule has 1 aromatic rings. The molecular formula is C11H11ClFNO6S. The fourth-order valence-electron chi connectivity index (χ4n) is 1.40. The molecule has 2 N–H and O–H groups in total. The number of carboxylic acid groups (broad SMARTS) is 1. The molecule has 1 atom stereocenters. The first kappa shape index (κ1) is 17.3. The molecule has 0 spiro atoms. The minimum atomic E-state index is -4.32. The van der Waals surface area contributed by atoms with Crippen LogP contribution in [0.4, 0.5) is 4.39 Å². The summed E-state index contributed by atoms with van der Waals surface area (Å²) in [5.74, 6) is -3.65. The number of benzene rings is 1. The highest BCUT2D eigenvalue weighted by molar-refractivity contribution is 7.89. The maximum atomic E-state index is 13.5. The standard InChI is InChI=1S/C11H11ClFNO6S/c1-5(11(17)20-2)14-21(18,19)6-3-7(10(15)16)9(12)8(13)4-6/h3-5,14H,1-2H3,(H,15,16)/t5-/m0/s1. The number of esters is 1. The van der Waals surface area contributed by atoms with Gasteiger partial charge in [0.2, 0.25) is 10.0 Å². The van der Waals surface area contributed by atoms with Gasteiger partial charge in [-0.3, -0.25) is 4.79 Å². The second kappa shape index (κ2) is 6.37. The first-order chi connectivity index (χ1) is 9.60. The van der Waals surface area contributed by atoms with E-state index in [1.165, 1.54) is 6.92 Å². The van der Waals surface area contributed by atoms with Gasteiger partial charge in [-0.05, 0) is 19.1 Å². The third-order valence-corrected chi connectivity index (χ3v) is 4.33. The number of rotatable bonds is 5. The lowest BCUT2D eigenvalue weighted by Crippen LogP contribution is -2.39. The predicted octanol–water partition coefficient (Wildman–Crippen LogP) is 1.02. The second-order valence-electron chi connectivity index (χ2n) is 3.94. The molecular weight excluding hydrogens is 329 g/mol. The Hall–Kier alpha value is -1.71. The van der Waals surface area contributed by atoms with Crippen LogP contribution in [0.3, 0.4) is 0 Å². The minimum absolute atomic E-state index is 0.557. The molecule has 0 saturated heterocycles. The average Bonchev–Trinajstić information content (AvgIpc) is 2.39. The number of methoxy groups -OCH3 is 1. The summed E-state index contributed by atoms with van der Waals surface area (Å²) < 4.78 is 43.7.